The van der Waals surface area contributed by atoms with Crippen LogP contribution in [0.4, 0.5) is 10.1 Å². The lowest BCUT2D eigenvalue weighted by atomic mass is 10.1. The van der Waals surface area contributed by atoms with Crippen molar-refractivity contribution in [2.45, 2.75) is 6.92 Å². The van der Waals surface area contributed by atoms with Gasteiger partial charge in [-0.25, -0.2) is 4.39 Å². The van der Waals surface area contributed by atoms with Gasteiger partial charge in [0.25, 0.3) is 5.89 Å². The maximum atomic E-state index is 13.4. The van der Waals surface area contributed by atoms with Crippen molar-refractivity contribution in [3.05, 3.63) is 53.8 Å². The first-order valence-electron chi connectivity index (χ1n) is 6.56. The summed E-state index contributed by atoms with van der Waals surface area (Å²) in [6.07, 6.45) is 0. The largest absolute Gasteiger partial charge is 0.387 e. The molecule has 1 heterocycles. The van der Waals surface area contributed by atoms with Gasteiger partial charge in [0.15, 0.2) is 0 Å². The molecular weight excluding hydrogens is 269 g/mol. The maximum absolute atomic E-state index is 13.4. The highest BCUT2D eigenvalue weighted by molar-refractivity contribution is 5.73. The number of aromatic nitrogens is 2. The molecule has 4 nitrogen and oxygen atoms in total. The SMILES string of the molecule is CNc1ccccc1-c1nc(-c2cc(F)ccc2C)no1. The Labute approximate surface area is 121 Å². The van der Waals surface area contributed by atoms with Gasteiger partial charge in [-0.2, -0.15) is 4.98 Å². The number of halogens is 1. The van der Waals surface area contributed by atoms with Crippen molar-refractivity contribution in [1.82, 2.24) is 10.1 Å². The van der Waals surface area contributed by atoms with Crippen molar-refractivity contribution in [2.24, 2.45) is 0 Å². The fourth-order valence-electron chi connectivity index (χ4n) is 2.17. The van der Waals surface area contributed by atoms with Crippen molar-refractivity contribution >= 4 is 5.69 Å². The Morgan fingerprint density at radius 1 is 1.10 bits per heavy atom. The summed E-state index contributed by atoms with van der Waals surface area (Å²) in [5.41, 5.74) is 3.23. The normalized spacial score (nSPS) is 10.6. The highest BCUT2D eigenvalue weighted by atomic mass is 19.1. The Morgan fingerprint density at radius 3 is 2.71 bits per heavy atom. The zero-order valence-electron chi connectivity index (χ0n) is 11.7. The molecule has 0 saturated heterocycles. The van der Waals surface area contributed by atoms with E-state index in [0.717, 1.165) is 16.8 Å². The van der Waals surface area contributed by atoms with Gasteiger partial charge in [0.05, 0.1) is 5.56 Å². The molecular formula is C16H14FN3O. The average Bonchev–Trinajstić information content (AvgIpc) is 2.99. The van der Waals surface area contributed by atoms with E-state index in [0.29, 0.717) is 17.3 Å². The predicted octanol–water partition coefficient (Wildman–Crippen LogP) is 3.89. The molecule has 3 aromatic rings. The third-order valence-corrected chi connectivity index (χ3v) is 3.29. The zero-order chi connectivity index (χ0) is 14.8. The van der Waals surface area contributed by atoms with Crippen LogP contribution in [0.5, 0.6) is 0 Å². The van der Waals surface area contributed by atoms with Gasteiger partial charge in [-0.15, -0.1) is 0 Å². The molecule has 0 fully saturated rings. The van der Waals surface area contributed by atoms with Crippen LogP contribution >= 0.6 is 0 Å². The number of rotatable bonds is 3. The molecule has 0 radical (unpaired) electrons. The third-order valence-electron chi connectivity index (χ3n) is 3.29. The van der Waals surface area contributed by atoms with Gasteiger partial charge in [0, 0.05) is 18.3 Å². The lowest BCUT2D eigenvalue weighted by Gasteiger charge is -2.03. The second-order valence-corrected chi connectivity index (χ2v) is 4.68. The van der Waals surface area contributed by atoms with Gasteiger partial charge in [-0.3, -0.25) is 0 Å². The molecule has 0 amide bonds. The summed E-state index contributed by atoms with van der Waals surface area (Å²) in [5, 5.41) is 7.04. The summed E-state index contributed by atoms with van der Waals surface area (Å²) in [5.74, 6) is 0.462. The Kier molecular flexibility index (Phi) is 3.39. The summed E-state index contributed by atoms with van der Waals surface area (Å²) in [6, 6.07) is 12.2. The molecule has 0 saturated carbocycles. The highest BCUT2D eigenvalue weighted by Crippen LogP contribution is 2.29. The van der Waals surface area contributed by atoms with Gasteiger partial charge >= 0.3 is 0 Å². The van der Waals surface area contributed by atoms with Crippen LogP contribution in [0, 0.1) is 12.7 Å². The van der Waals surface area contributed by atoms with E-state index in [-0.39, 0.29) is 5.82 Å². The van der Waals surface area contributed by atoms with Gasteiger partial charge in [0.2, 0.25) is 5.82 Å². The topological polar surface area (TPSA) is 51.0 Å². The van der Waals surface area contributed by atoms with E-state index in [1.807, 2.05) is 38.2 Å². The van der Waals surface area contributed by atoms with E-state index in [1.54, 1.807) is 6.07 Å². The fraction of sp³-hybridized carbons (Fsp3) is 0.125. The molecule has 106 valence electrons. The number of benzene rings is 2. The van der Waals surface area contributed by atoms with Crippen LogP contribution in [-0.2, 0) is 0 Å². The van der Waals surface area contributed by atoms with Crippen LogP contribution in [0.15, 0.2) is 47.0 Å². The van der Waals surface area contributed by atoms with E-state index < -0.39 is 0 Å². The molecule has 0 atom stereocenters. The van der Waals surface area contributed by atoms with E-state index in [1.165, 1.54) is 12.1 Å². The van der Waals surface area contributed by atoms with E-state index in [9.17, 15) is 4.39 Å². The summed E-state index contributed by atoms with van der Waals surface area (Å²) in [4.78, 5) is 4.38. The second kappa shape index (κ2) is 5.36. The molecule has 0 spiro atoms. The van der Waals surface area contributed by atoms with Crippen molar-refractivity contribution in [1.29, 1.82) is 0 Å². The Morgan fingerprint density at radius 2 is 1.90 bits per heavy atom. The van der Waals surface area contributed by atoms with Gasteiger partial charge < -0.3 is 9.84 Å². The molecule has 0 aliphatic heterocycles. The van der Waals surface area contributed by atoms with E-state index in [4.69, 9.17) is 4.52 Å². The van der Waals surface area contributed by atoms with Crippen LogP contribution in [0.3, 0.4) is 0 Å². The number of hydrogen-bond acceptors (Lipinski definition) is 4. The van der Waals surface area contributed by atoms with Crippen molar-refractivity contribution in [3.63, 3.8) is 0 Å². The van der Waals surface area contributed by atoms with E-state index >= 15 is 0 Å². The number of nitrogens with one attached hydrogen (secondary N) is 1. The summed E-state index contributed by atoms with van der Waals surface area (Å²) < 4.78 is 18.7. The van der Waals surface area contributed by atoms with Crippen LogP contribution in [0.1, 0.15) is 5.56 Å². The van der Waals surface area contributed by atoms with Crippen molar-refractivity contribution in [3.8, 4) is 22.8 Å². The molecule has 0 bridgehead atoms. The minimum Gasteiger partial charge on any atom is -0.387 e. The molecule has 1 N–H and O–H groups in total. The quantitative estimate of drug-likeness (QED) is 0.792. The average molecular weight is 283 g/mol. The Bertz CT molecular complexity index is 783. The van der Waals surface area contributed by atoms with Gasteiger partial charge in [0.1, 0.15) is 5.82 Å². The first-order chi connectivity index (χ1) is 10.2. The number of anilines is 1. The smallest absolute Gasteiger partial charge is 0.260 e. The third kappa shape index (κ3) is 2.50. The molecule has 0 aliphatic rings. The van der Waals surface area contributed by atoms with Crippen LogP contribution in [-0.4, -0.2) is 17.2 Å². The molecule has 0 aliphatic carbocycles. The van der Waals surface area contributed by atoms with Crippen LogP contribution in [0.2, 0.25) is 0 Å². The second-order valence-electron chi connectivity index (χ2n) is 4.68. The molecule has 0 unspecified atom stereocenters. The summed E-state index contributed by atoms with van der Waals surface area (Å²) in [6.45, 7) is 1.88. The Balaban J connectivity index is 2.06. The van der Waals surface area contributed by atoms with Crippen LogP contribution < -0.4 is 5.32 Å². The van der Waals surface area contributed by atoms with E-state index in [2.05, 4.69) is 15.5 Å². The molecule has 21 heavy (non-hydrogen) atoms. The molecule has 5 heteroatoms. The van der Waals surface area contributed by atoms with Crippen LogP contribution in [0.25, 0.3) is 22.8 Å². The minimum absolute atomic E-state index is 0.322. The number of nitrogens with zero attached hydrogens (tertiary/aromatic N) is 2. The monoisotopic (exact) mass is 283 g/mol. The zero-order valence-corrected chi connectivity index (χ0v) is 11.7. The number of hydrogen-bond donors (Lipinski definition) is 1. The van der Waals surface area contributed by atoms with Gasteiger partial charge in [-0.05, 0) is 36.8 Å². The number of aryl methyl sites for hydroxylation is 1. The first-order valence-corrected chi connectivity index (χ1v) is 6.56. The molecule has 2 aromatic carbocycles. The Hall–Kier alpha value is -2.69. The molecule has 1 aromatic heterocycles. The van der Waals surface area contributed by atoms with Crippen molar-refractivity contribution < 1.29 is 8.91 Å². The van der Waals surface area contributed by atoms with Gasteiger partial charge in [-0.1, -0.05) is 23.4 Å². The molecule has 3 rings (SSSR count). The predicted molar refractivity (Wildman–Crippen MR) is 79.4 cm³/mol. The lowest BCUT2D eigenvalue weighted by Crippen LogP contribution is -1.91. The minimum atomic E-state index is -0.322. The fourth-order valence-corrected chi connectivity index (χ4v) is 2.17. The number of para-hydroxylation sites is 1. The summed E-state index contributed by atoms with van der Waals surface area (Å²) in [7, 11) is 1.83. The standard InChI is InChI=1S/C16H14FN3O/c1-10-7-8-11(17)9-13(10)15-19-16(21-20-15)12-5-3-4-6-14(12)18-2/h3-9,18H,1-2H3. The highest BCUT2D eigenvalue weighted by Gasteiger charge is 2.15. The summed E-state index contributed by atoms with van der Waals surface area (Å²) >= 11 is 0. The maximum Gasteiger partial charge on any atom is 0.260 e. The van der Waals surface area contributed by atoms with Crippen molar-refractivity contribution in [2.75, 3.05) is 12.4 Å². The first kappa shape index (κ1) is 13.3. The lowest BCUT2D eigenvalue weighted by molar-refractivity contribution is 0.432.